The number of carbonyl (C=O) groups is 2. The highest BCUT2D eigenvalue weighted by Gasteiger charge is 2.13. The van der Waals surface area contributed by atoms with Crippen LogP contribution in [0.5, 0.6) is 11.5 Å². The van der Waals surface area contributed by atoms with Crippen LogP contribution >= 0.6 is 23.2 Å². The van der Waals surface area contributed by atoms with Gasteiger partial charge < -0.3 is 14.8 Å². The molecule has 0 unspecified atom stereocenters. The Morgan fingerprint density at radius 2 is 1.96 bits per heavy atom. The fraction of sp³-hybridized carbons (Fsp3) is 0.222. The Bertz CT molecular complexity index is 780. The monoisotopic (exact) mass is 381 g/mol. The lowest BCUT2D eigenvalue weighted by atomic mass is 10.1. The van der Waals surface area contributed by atoms with Crippen LogP contribution in [0.4, 0.5) is 0 Å². The van der Waals surface area contributed by atoms with Crippen LogP contribution in [0.15, 0.2) is 36.4 Å². The van der Waals surface area contributed by atoms with E-state index >= 15 is 0 Å². The van der Waals surface area contributed by atoms with Crippen molar-refractivity contribution in [3.63, 3.8) is 0 Å². The summed E-state index contributed by atoms with van der Waals surface area (Å²) in [4.78, 5) is 23.2. The number of benzene rings is 2. The van der Waals surface area contributed by atoms with Crippen LogP contribution in [0.2, 0.25) is 10.0 Å². The van der Waals surface area contributed by atoms with Gasteiger partial charge in [-0.15, -0.1) is 0 Å². The number of hydrogen-bond acceptors (Lipinski definition) is 4. The van der Waals surface area contributed by atoms with Crippen LogP contribution in [-0.2, 0) is 4.79 Å². The van der Waals surface area contributed by atoms with Gasteiger partial charge in [-0.05, 0) is 42.8 Å². The number of nitrogens with one attached hydrogen (secondary N) is 1. The lowest BCUT2D eigenvalue weighted by Gasteiger charge is -2.16. The Labute approximate surface area is 155 Å². The molecule has 25 heavy (non-hydrogen) atoms. The summed E-state index contributed by atoms with van der Waals surface area (Å²) in [5.41, 5.74) is 1.13. The number of halogens is 2. The van der Waals surface area contributed by atoms with Gasteiger partial charge in [-0.1, -0.05) is 29.3 Å². The van der Waals surface area contributed by atoms with E-state index in [1.807, 2.05) is 6.92 Å². The van der Waals surface area contributed by atoms with Gasteiger partial charge in [0.05, 0.1) is 28.8 Å². The maximum atomic E-state index is 12.1. The first-order chi connectivity index (χ1) is 11.9. The summed E-state index contributed by atoms with van der Waals surface area (Å²) >= 11 is 11.9. The van der Waals surface area contributed by atoms with Crippen LogP contribution in [0.3, 0.4) is 0 Å². The molecule has 1 atom stereocenters. The van der Waals surface area contributed by atoms with Crippen molar-refractivity contribution in [2.75, 3.05) is 13.7 Å². The Balaban J connectivity index is 1.96. The van der Waals surface area contributed by atoms with E-state index in [4.69, 9.17) is 32.7 Å². The maximum absolute atomic E-state index is 12.1. The highest BCUT2D eigenvalue weighted by atomic mass is 35.5. The van der Waals surface area contributed by atoms with E-state index in [1.165, 1.54) is 7.11 Å². The van der Waals surface area contributed by atoms with Crippen LogP contribution in [-0.4, -0.2) is 25.9 Å². The molecule has 0 aliphatic rings. The van der Waals surface area contributed by atoms with Gasteiger partial charge in [-0.2, -0.15) is 0 Å². The van der Waals surface area contributed by atoms with Crippen molar-refractivity contribution in [2.45, 2.75) is 13.0 Å². The van der Waals surface area contributed by atoms with E-state index in [2.05, 4.69) is 5.32 Å². The normalized spacial score (nSPS) is 11.5. The lowest BCUT2D eigenvalue weighted by Crippen LogP contribution is -2.31. The number of ether oxygens (including phenoxy) is 2. The molecule has 0 heterocycles. The largest absolute Gasteiger partial charge is 0.497 e. The molecule has 0 aliphatic carbocycles. The molecule has 1 N–H and O–H groups in total. The second kappa shape index (κ2) is 8.74. The summed E-state index contributed by atoms with van der Waals surface area (Å²) in [5, 5.41) is 3.67. The molecule has 0 aliphatic heterocycles. The fourth-order valence-electron chi connectivity index (χ4n) is 2.17. The van der Waals surface area contributed by atoms with Gasteiger partial charge in [-0.25, -0.2) is 0 Å². The summed E-state index contributed by atoms with van der Waals surface area (Å²) in [6.45, 7) is 1.60. The molecule has 2 aromatic carbocycles. The van der Waals surface area contributed by atoms with Crippen molar-refractivity contribution in [1.29, 1.82) is 0 Å². The first-order valence-electron chi connectivity index (χ1n) is 7.45. The average molecular weight is 382 g/mol. The molecule has 0 saturated heterocycles. The quantitative estimate of drug-likeness (QED) is 0.734. The third kappa shape index (κ3) is 5.11. The summed E-state index contributed by atoms with van der Waals surface area (Å²) in [6.07, 6.45) is 0.647. The summed E-state index contributed by atoms with van der Waals surface area (Å²) in [5.74, 6) is 0.520. The van der Waals surface area contributed by atoms with Gasteiger partial charge in [0.1, 0.15) is 11.5 Å². The van der Waals surface area contributed by atoms with Gasteiger partial charge in [0.15, 0.2) is 12.9 Å². The molecule has 0 radical (unpaired) electrons. The summed E-state index contributed by atoms with van der Waals surface area (Å²) in [7, 11) is 1.50. The summed E-state index contributed by atoms with van der Waals surface area (Å²) in [6, 6.07) is 9.66. The molecule has 1 amide bonds. The lowest BCUT2D eigenvalue weighted by molar-refractivity contribution is -0.123. The predicted molar refractivity (Wildman–Crippen MR) is 96.9 cm³/mol. The van der Waals surface area contributed by atoms with Gasteiger partial charge >= 0.3 is 0 Å². The first kappa shape index (κ1) is 19.1. The van der Waals surface area contributed by atoms with Crippen molar-refractivity contribution in [3.8, 4) is 11.5 Å². The SMILES string of the molecule is COc1ccc(OCC(=O)N[C@@H](C)c2ccc(Cl)c(Cl)c2)c(C=O)c1. The molecule has 5 nitrogen and oxygen atoms in total. The van der Waals surface area contributed by atoms with E-state index in [-0.39, 0.29) is 18.6 Å². The van der Waals surface area contributed by atoms with Crippen molar-refractivity contribution >= 4 is 35.4 Å². The number of aldehydes is 1. The predicted octanol–water partition coefficient (Wildman–Crippen LogP) is 4.07. The Morgan fingerprint density at radius 3 is 2.60 bits per heavy atom. The average Bonchev–Trinajstić information content (AvgIpc) is 2.61. The van der Waals surface area contributed by atoms with Crippen molar-refractivity contribution in [1.82, 2.24) is 5.32 Å². The van der Waals surface area contributed by atoms with Crippen molar-refractivity contribution in [2.24, 2.45) is 0 Å². The molecular formula is C18H17Cl2NO4. The van der Waals surface area contributed by atoms with Crippen LogP contribution < -0.4 is 14.8 Å². The highest BCUT2D eigenvalue weighted by Crippen LogP contribution is 2.26. The zero-order valence-corrected chi connectivity index (χ0v) is 15.2. The molecule has 0 aromatic heterocycles. The number of carbonyl (C=O) groups excluding carboxylic acids is 2. The smallest absolute Gasteiger partial charge is 0.258 e. The molecule has 0 fully saturated rings. The molecule has 2 rings (SSSR count). The first-order valence-corrected chi connectivity index (χ1v) is 8.20. The zero-order chi connectivity index (χ0) is 18.4. The highest BCUT2D eigenvalue weighted by molar-refractivity contribution is 6.42. The van der Waals surface area contributed by atoms with E-state index in [0.29, 0.717) is 33.4 Å². The summed E-state index contributed by atoms with van der Waals surface area (Å²) < 4.78 is 10.5. The standard InChI is InChI=1S/C18H17Cl2NO4/c1-11(12-3-5-15(19)16(20)8-12)21-18(23)10-25-17-6-4-14(24-2)7-13(17)9-22/h3-9,11H,10H2,1-2H3,(H,21,23)/t11-/m0/s1. The third-order valence-corrected chi connectivity index (χ3v) is 4.26. The molecule has 7 heteroatoms. The number of methoxy groups -OCH3 is 1. The van der Waals surface area contributed by atoms with Crippen LogP contribution in [0.25, 0.3) is 0 Å². The van der Waals surface area contributed by atoms with E-state index in [0.717, 1.165) is 5.56 Å². The third-order valence-electron chi connectivity index (χ3n) is 3.52. The Kier molecular flexibility index (Phi) is 6.67. The number of rotatable bonds is 7. The zero-order valence-electron chi connectivity index (χ0n) is 13.7. The second-order valence-electron chi connectivity index (χ2n) is 5.27. The van der Waals surface area contributed by atoms with Gasteiger partial charge in [0.2, 0.25) is 0 Å². The minimum absolute atomic E-state index is 0.223. The Morgan fingerprint density at radius 1 is 1.20 bits per heavy atom. The molecule has 0 bridgehead atoms. The van der Waals surface area contributed by atoms with Crippen molar-refractivity contribution in [3.05, 3.63) is 57.6 Å². The van der Waals surface area contributed by atoms with Crippen LogP contribution in [0.1, 0.15) is 28.9 Å². The van der Waals surface area contributed by atoms with Crippen molar-refractivity contribution < 1.29 is 19.1 Å². The molecule has 0 spiro atoms. The van der Waals surface area contributed by atoms with Crippen LogP contribution in [0, 0.1) is 0 Å². The van der Waals surface area contributed by atoms with E-state index in [1.54, 1.807) is 36.4 Å². The topological polar surface area (TPSA) is 64.6 Å². The van der Waals surface area contributed by atoms with Gasteiger partial charge in [0, 0.05) is 0 Å². The molecular weight excluding hydrogens is 365 g/mol. The van der Waals surface area contributed by atoms with E-state index < -0.39 is 0 Å². The molecule has 0 saturated carbocycles. The Hall–Kier alpha value is -2.24. The molecule has 132 valence electrons. The maximum Gasteiger partial charge on any atom is 0.258 e. The molecule has 2 aromatic rings. The number of amides is 1. The van der Waals surface area contributed by atoms with Gasteiger partial charge in [0.25, 0.3) is 5.91 Å². The van der Waals surface area contributed by atoms with Gasteiger partial charge in [-0.3, -0.25) is 9.59 Å². The minimum Gasteiger partial charge on any atom is -0.497 e. The van der Waals surface area contributed by atoms with E-state index in [9.17, 15) is 9.59 Å². The fourth-order valence-corrected chi connectivity index (χ4v) is 2.48. The second-order valence-corrected chi connectivity index (χ2v) is 6.09. The minimum atomic E-state index is -0.328. The number of hydrogen-bond donors (Lipinski definition) is 1.